The third-order valence-electron chi connectivity index (χ3n) is 2.39. The molecule has 5 heteroatoms. The predicted octanol–water partition coefficient (Wildman–Crippen LogP) is 3.25. The van der Waals surface area contributed by atoms with Crippen molar-refractivity contribution in [3.05, 3.63) is 32.2 Å². The molecule has 92 valence electrons. The number of nitrogens with zero attached hydrogens (tertiary/aromatic N) is 2. The second kappa shape index (κ2) is 4.48. The SMILES string of the molecule is Cc1csc(C(N)c2csc(C(C)(C)C)n2)n1. The van der Waals surface area contributed by atoms with Gasteiger partial charge in [-0.05, 0) is 6.92 Å². The molecule has 0 radical (unpaired) electrons. The number of aryl methyl sites for hydroxylation is 1. The van der Waals surface area contributed by atoms with E-state index >= 15 is 0 Å². The summed E-state index contributed by atoms with van der Waals surface area (Å²) in [7, 11) is 0. The van der Waals surface area contributed by atoms with Crippen LogP contribution in [-0.4, -0.2) is 9.97 Å². The fraction of sp³-hybridized carbons (Fsp3) is 0.500. The summed E-state index contributed by atoms with van der Waals surface area (Å²) >= 11 is 3.27. The molecule has 2 N–H and O–H groups in total. The Balaban J connectivity index is 2.26. The van der Waals surface area contributed by atoms with Crippen molar-refractivity contribution >= 4 is 22.7 Å². The summed E-state index contributed by atoms with van der Waals surface area (Å²) in [6, 6.07) is -0.193. The van der Waals surface area contributed by atoms with Crippen LogP contribution in [0.2, 0.25) is 0 Å². The molecule has 0 saturated heterocycles. The van der Waals surface area contributed by atoms with Crippen LogP contribution in [0, 0.1) is 6.92 Å². The quantitative estimate of drug-likeness (QED) is 0.908. The van der Waals surface area contributed by atoms with Crippen molar-refractivity contribution in [2.45, 2.75) is 39.2 Å². The third-order valence-corrected chi connectivity index (χ3v) is 4.72. The topological polar surface area (TPSA) is 51.8 Å². The lowest BCUT2D eigenvalue weighted by atomic mass is 9.98. The first-order chi connectivity index (χ1) is 7.88. The molecule has 2 aromatic rings. The van der Waals surface area contributed by atoms with Gasteiger partial charge in [0.15, 0.2) is 0 Å². The van der Waals surface area contributed by atoms with Gasteiger partial charge in [0, 0.05) is 21.9 Å². The Hall–Kier alpha value is -0.780. The Kier molecular flexibility index (Phi) is 3.34. The summed E-state index contributed by atoms with van der Waals surface area (Å²) in [4.78, 5) is 9.04. The summed E-state index contributed by atoms with van der Waals surface area (Å²) in [5.74, 6) is 0. The van der Waals surface area contributed by atoms with E-state index in [1.54, 1.807) is 22.7 Å². The molecule has 2 aromatic heterocycles. The molecule has 2 heterocycles. The highest BCUT2D eigenvalue weighted by atomic mass is 32.1. The van der Waals surface area contributed by atoms with Crippen LogP contribution in [0.5, 0.6) is 0 Å². The number of nitrogens with two attached hydrogens (primary N) is 1. The fourth-order valence-corrected chi connectivity index (χ4v) is 3.17. The van der Waals surface area contributed by atoms with Crippen molar-refractivity contribution < 1.29 is 0 Å². The number of aromatic nitrogens is 2. The summed E-state index contributed by atoms with van der Waals surface area (Å²) < 4.78 is 0. The summed E-state index contributed by atoms with van der Waals surface area (Å²) in [5.41, 5.74) is 8.21. The van der Waals surface area contributed by atoms with Crippen molar-refractivity contribution in [1.29, 1.82) is 0 Å². The lowest BCUT2D eigenvalue weighted by Crippen LogP contribution is -2.14. The second-order valence-electron chi connectivity index (χ2n) is 5.13. The standard InChI is InChI=1S/C12H17N3S2/c1-7-5-16-10(14-7)9(13)8-6-17-11(15-8)12(2,3)4/h5-6,9H,13H2,1-4H3. The Morgan fingerprint density at radius 2 is 1.88 bits per heavy atom. The predicted molar refractivity (Wildman–Crippen MR) is 73.7 cm³/mol. The monoisotopic (exact) mass is 267 g/mol. The largest absolute Gasteiger partial charge is 0.317 e. The Morgan fingerprint density at radius 1 is 1.18 bits per heavy atom. The molecular formula is C12H17N3S2. The van der Waals surface area contributed by atoms with Crippen LogP contribution in [0.3, 0.4) is 0 Å². The first-order valence-corrected chi connectivity index (χ1v) is 7.27. The number of rotatable bonds is 2. The minimum Gasteiger partial charge on any atom is -0.317 e. The lowest BCUT2D eigenvalue weighted by molar-refractivity contribution is 0.581. The fourth-order valence-electron chi connectivity index (χ4n) is 1.42. The summed E-state index contributed by atoms with van der Waals surface area (Å²) in [6.45, 7) is 8.46. The lowest BCUT2D eigenvalue weighted by Gasteiger charge is -2.14. The molecule has 2 rings (SSSR count). The van der Waals surface area contributed by atoms with Gasteiger partial charge < -0.3 is 5.73 Å². The second-order valence-corrected chi connectivity index (χ2v) is 6.88. The molecule has 0 amide bonds. The summed E-state index contributed by atoms with van der Waals surface area (Å²) in [5, 5.41) is 6.12. The van der Waals surface area contributed by atoms with Crippen LogP contribution >= 0.6 is 22.7 Å². The first-order valence-electron chi connectivity index (χ1n) is 5.51. The van der Waals surface area contributed by atoms with E-state index in [0.717, 1.165) is 21.4 Å². The van der Waals surface area contributed by atoms with E-state index in [9.17, 15) is 0 Å². The van der Waals surface area contributed by atoms with Gasteiger partial charge >= 0.3 is 0 Å². The van der Waals surface area contributed by atoms with Gasteiger partial charge in [-0.25, -0.2) is 9.97 Å². The Bertz CT molecular complexity index is 508. The van der Waals surface area contributed by atoms with Crippen molar-refractivity contribution in [1.82, 2.24) is 9.97 Å². The average Bonchev–Trinajstić information content (AvgIpc) is 2.83. The van der Waals surface area contributed by atoms with Gasteiger partial charge in [0.1, 0.15) is 11.0 Å². The maximum Gasteiger partial charge on any atom is 0.116 e. The van der Waals surface area contributed by atoms with Gasteiger partial charge in [-0.2, -0.15) is 0 Å². The molecule has 0 fully saturated rings. The third kappa shape index (κ3) is 2.73. The highest BCUT2D eigenvalue weighted by Crippen LogP contribution is 2.29. The molecule has 17 heavy (non-hydrogen) atoms. The van der Waals surface area contributed by atoms with Crippen molar-refractivity contribution in [2.75, 3.05) is 0 Å². The molecule has 0 saturated carbocycles. The van der Waals surface area contributed by atoms with Gasteiger partial charge in [-0.1, -0.05) is 20.8 Å². The molecule has 0 aliphatic rings. The summed E-state index contributed by atoms with van der Waals surface area (Å²) in [6.07, 6.45) is 0. The van der Waals surface area contributed by atoms with E-state index in [2.05, 4.69) is 30.7 Å². The van der Waals surface area contributed by atoms with E-state index in [1.165, 1.54) is 0 Å². The number of hydrogen-bond acceptors (Lipinski definition) is 5. The van der Waals surface area contributed by atoms with Crippen LogP contribution in [0.1, 0.15) is 48.2 Å². The van der Waals surface area contributed by atoms with E-state index in [4.69, 9.17) is 5.73 Å². The van der Waals surface area contributed by atoms with Crippen LogP contribution in [0.25, 0.3) is 0 Å². The number of thiazole rings is 2. The van der Waals surface area contributed by atoms with E-state index < -0.39 is 0 Å². The van der Waals surface area contributed by atoms with E-state index in [-0.39, 0.29) is 11.5 Å². The maximum absolute atomic E-state index is 6.18. The van der Waals surface area contributed by atoms with Gasteiger partial charge in [-0.3, -0.25) is 0 Å². The molecule has 0 aromatic carbocycles. The first kappa shape index (κ1) is 12.7. The molecule has 0 aliphatic carbocycles. The zero-order chi connectivity index (χ0) is 12.6. The molecule has 0 aliphatic heterocycles. The molecule has 0 spiro atoms. The van der Waals surface area contributed by atoms with Crippen LogP contribution in [0.4, 0.5) is 0 Å². The molecular weight excluding hydrogens is 250 g/mol. The Morgan fingerprint density at radius 3 is 2.35 bits per heavy atom. The number of hydrogen-bond donors (Lipinski definition) is 1. The minimum atomic E-state index is -0.193. The van der Waals surface area contributed by atoms with Crippen molar-refractivity contribution in [3.63, 3.8) is 0 Å². The highest BCUT2D eigenvalue weighted by molar-refractivity contribution is 7.10. The molecule has 0 bridgehead atoms. The van der Waals surface area contributed by atoms with Crippen LogP contribution in [-0.2, 0) is 5.41 Å². The zero-order valence-corrected chi connectivity index (χ0v) is 12.2. The van der Waals surface area contributed by atoms with Crippen LogP contribution < -0.4 is 5.73 Å². The maximum atomic E-state index is 6.18. The molecule has 3 nitrogen and oxygen atoms in total. The van der Waals surface area contributed by atoms with E-state index in [1.807, 2.05) is 17.7 Å². The van der Waals surface area contributed by atoms with Gasteiger partial charge in [0.05, 0.1) is 10.7 Å². The van der Waals surface area contributed by atoms with Crippen molar-refractivity contribution in [3.8, 4) is 0 Å². The zero-order valence-electron chi connectivity index (χ0n) is 10.5. The minimum absolute atomic E-state index is 0.0848. The molecule has 1 atom stereocenters. The normalized spacial score (nSPS) is 13.9. The Labute approximate surface area is 110 Å². The van der Waals surface area contributed by atoms with Crippen molar-refractivity contribution in [2.24, 2.45) is 5.73 Å². The van der Waals surface area contributed by atoms with Gasteiger partial charge in [-0.15, -0.1) is 22.7 Å². The molecule has 1 unspecified atom stereocenters. The van der Waals surface area contributed by atoms with Crippen LogP contribution in [0.15, 0.2) is 10.8 Å². The highest BCUT2D eigenvalue weighted by Gasteiger charge is 2.21. The van der Waals surface area contributed by atoms with Gasteiger partial charge in [0.2, 0.25) is 0 Å². The average molecular weight is 267 g/mol. The van der Waals surface area contributed by atoms with E-state index in [0.29, 0.717) is 0 Å². The van der Waals surface area contributed by atoms with Gasteiger partial charge in [0.25, 0.3) is 0 Å². The smallest absolute Gasteiger partial charge is 0.116 e.